The summed E-state index contributed by atoms with van der Waals surface area (Å²) in [4.78, 5) is 41.4. The summed E-state index contributed by atoms with van der Waals surface area (Å²) >= 11 is 0. The zero-order valence-electron chi connectivity index (χ0n) is 18.7. The lowest BCUT2D eigenvalue weighted by Crippen LogP contribution is -2.54. The van der Waals surface area contributed by atoms with E-state index >= 15 is 0 Å². The van der Waals surface area contributed by atoms with Crippen LogP contribution in [-0.4, -0.2) is 66.2 Å². The third kappa shape index (κ3) is 4.82. The Balaban J connectivity index is 1.34. The fourth-order valence-corrected chi connectivity index (χ4v) is 4.15. The van der Waals surface area contributed by atoms with E-state index in [9.17, 15) is 14.4 Å². The van der Waals surface area contributed by atoms with Crippen LogP contribution in [0.1, 0.15) is 12.6 Å². The molecule has 4 rings (SSSR count). The van der Waals surface area contributed by atoms with Gasteiger partial charge in [0.2, 0.25) is 11.8 Å². The van der Waals surface area contributed by atoms with Crippen molar-refractivity contribution in [2.45, 2.75) is 19.4 Å². The molecule has 0 unspecified atom stereocenters. The van der Waals surface area contributed by atoms with Gasteiger partial charge < -0.3 is 19.9 Å². The Morgan fingerprint density at radius 2 is 1.73 bits per heavy atom. The van der Waals surface area contributed by atoms with Gasteiger partial charge >= 0.3 is 0 Å². The van der Waals surface area contributed by atoms with Gasteiger partial charge in [-0.2, -0.15) is 5.10 Å². The molecule has 9 heteroatoms. The van der Waals surface area contributed by atoms with E-state index in [1.807, 2.05) is 24.3 Å². The molecule has 1 aliphatic rings. The molecule has 172 valence electrons. The number of nitrogens with zero attached hydrogens (tertiary/aromatic N) is 3. The first-order chi connectivity index (χ1) is 16.0. The molecule has 1 fully saturated rings. The minimum atomic E-state index is -0.663. The van der Waals surface area contributed by atoms with Crippen molar-refractivity contribution in [2.24, 2.45) is 0 Å². The van der Waals surface area contributed by atoms with Crippen LogP contribution in [0.15, 0.2) is 53.3 Å². The standard InChI is InChI=1S/C24H27N5O4/c1-16(25-22(30)15-19-17-7-3-4-8-18(17)23(31)27-26-19)24(32)29-13-11-28(12-14-29)20-9-5-6-10-21(20)33-2/h3-10,16H,11-15H2,1-2H3,(H,25,30)(H,27,31)/t16-/m0/s1. The van der Waals surface area contributed by atoms with Gasteiger partial charge in [0.25, 0.3) is 5.56 Å². The molecule has 0 bridgehead atoms. The first-order valence-corrected chi connectivity index (χ1v) is 10.9. The molecule has 0 spiro atoms. The zero-order chi connectivity index (χ0) is 23.4. The van der Waals surface area contributed by atoms with Gasteiger partial charge in [-0.1, -0.05) is 30.3 Å². The Morgan fingerprint density at radius 1 is 1.06 bits per heavy atom. The largest absolute Gasteiger partial charge is 0.495 e. The van der Waals surface area contributed by atoms with Crippen molar-refractivity contribution >= 4 is 28.3 Å². The van der Waals surface area contributed by atoms with Crippen molar-refractivity contribution in [2.75, 3.05) is 38.2 Å². The van der Waals surface area contributed by atoms with E-state index < -0.39 is 6.04 Å². The molecule has 0 saturated carbocycles. The molecule has 1 saturated heterocycles. The summed E-state index contributed by atoms with van der Waals surface area (Å²) in [7, 11) is 1.65. The van der Waals surface area contributed by atoms with Crippen molar-refractivity contribution < 1.29 is 14.3 Å². The Labute approximate surface area is 191 Å². The summed E-state index contributed by atoms with van der Waals surface area (Å²) in [6, 6.07) is 14.2. The maximum atomic E-state index is 12.9. The van der Waals surface area contributed by atoms with Crippen LogP contribution in [0, 0.1) is 0 Å². The lowest BCUT2D eigenvalue weighted by atomic mass is 10.1. The van der Waals surface area contributed by atoms with E-state index in [0.29, 0.717) is 42.6 Å². The van der Waals surface area contributed by atoms with Crippen molar-refractivity contribution in [3.8, 4) is 5.75 Å². The number of methoxy groups -OCH3 is 1. The number of carbonyl (C=O) groups excluding carboxylic acids is 2. The highest BCUT2D eigenvalue weighted by molar-refractivity contribution is 5.91. The summed E-state index contributed by atoms with van der Waals surface area (Å²) in [5.74, 6) is 0.358. The van der Waals surface area contributed by atoms with Gasteiger partial charge in [0.1, 0.15) is 11.8 Å². The van der Waals surface area contributed by atoms with Gasteiger partial charge in [0.15, 0.2) is 0 Å². The maximum Gasteiger partial charge on any atom is 0.272 e. The molecule has 1 aliphatic heterocycles. The number of aromatic nitrogens is 2. The molecule has 2 aromatic carbocycles. The fraction of sp³-hybridized carbons (Fsp3) is 0.333. The number of H-pyrrole nitrogens is 1. The zero-order valence-corrected chi connectivity index (χ0v) is 18.7. The third-order valence-electron chi connectivity index (χ3n) is 5.87. The molecule has 0 radical (unpaired) electrons. The molecule has 2 N–H and O–H groups in total. The van der Waals surface area contributed by atoms with E-state index in [-0.39, 0.29) is 23.8 Å². The van der Waals surface area contributed by atoms with E-state index in [0.717, 1.165) is 11.4 Å². The number of hydrogen-bond acceptors (Lipinski definition) is 6. The van der Waals surface area contributed by atoms with Crippen LogP contribution in [0.25, 0.3) is 10.8 Å². The molecule has 9 nitrogen and oxygen atoms in total. The average molecular weight is 450 g/mol. The van der Waals surface area contributed by atoms with Gasteiger partial charge in [-0.15, -0.1) is 0 Å². The summed E-state index contributed by atoms with van der Waals surface area (Å²) < 4.78 is 5.44. The van der Waals surface area contributed by atoms with E-state index in [4.69, 9.17) is 4.74 Å². The predicted octanol–water partition coefficient (Wildman–Crippen LogP) is 1.33. The molecule has 1 aromatic heterocycles. The van der Waals surface area contributed by atoms with Crippen molar-refractivity contribution in [1.29, 1.82) is 0 Å². The van der Waals surface area contributed by atoms with Gasteiger partial charge in [-0.3, -0.25) is 14.4 Å². The van der Waals surface area contributed by atoms with Crippen LogP contribution in [0.4, 0.5) is 5.69 Å². The number of benzene rings is 2. The van der Waals surface area contributed by atoms with Crippen molar-refractivity contribution in [3.05, 3.63) is 64.6 Å². The number of para-hydroxylation sites is 2. The normalized spacial score (nSPS) is 14.7. The number of hydrogen-bond donors (Lipinski definition) is 2. The monoisotopic (exact) mass is 449 g/mol. The minimum absolute atomic E-state index is 0.0313. The van der Waals surface area contributed by atoms with Gasteiger partial charge in [0, 0.05) is 31.6 Å². The highest BCUT2D eigenvalue weighted by Gasteiger charge is 2.27. The summed E-state index contributed by atoms with van der Waals surface area (Å²) in [6.07, 6.45) is -0.0313. The molecule has 0 aliphatic carbocycles. The number of aromatic amines is 1. The Morgan fingerprint density at radius 3 is 2.45 bits per heavy atom. The number of anilines is 1. The highest BCUT2D eigenvalue weighted by Crippen LogP contribution is 2.28. The number of nitrogens with one attached hydrogen (secondary N) is 2. The molecule has 2 amide bonds. The number of fused-ring (bicyclic) bond motifs is 1. The second kappa shape index (κ2) is 9.72. The van der Waals surface area contributed by atoms with Crippen LogP contribution < -0.4 is 20.5 Å². The summed E-state index contributed by atoms with van der Waals surface area (Å²) in [5, 5.41) is 10.3. The van der Waals surface area contributed by atoms with Crippen LogP contribution in [0.2, 0.25) is 0 Å². The van der Waals surface area contributed by atoms with Crippen molar-refractivity contribution in [1.82, 2.24) is 20.4 Å². The van der Waals surface area contributed by atoms with E-state index in [1.165, 1.54) is 0 Å². The SMILES string of the molecule is COc1ccccc1N1CCN(C(=O)[C@H](C)NC(=O)Cc2n[nH]c(=O)c3ccccc23)CC1. The van der Waals surface area contributed by atoms with Crippen LogP contribution >= 0.6 is 0 Å². The highest BCUT2D eigenvalue weighted by atomic mass is 16.5. The first kappa shape index (κ1) is 22.3. The molecule has 33 heavy (non-hydrogen) atoms. The predicted molar refractivity (Wildman–Crippen MR) is 125 cm³/mol. The number of ether oxygens (including phenoxy) is 1. The maximum absolute atomic E-state index is 12.9. The quantitative estimate of drug-likeness (QED) is 0.588. The lowest BCUT2D eigenvalue weighted by Gasteiger charge is -2.37. The fourth-order valence-electron chi connectivity index (χ4n) is 4.15. The van der Waals surface area contributed by atoms with Gasteiger partial charge in [-0.25, -0.2) is 5.10 Å². The molecular weight excluding hydrogens is 422 g/mol. The Bertz CT molecular complexity index is 1220. The number of amides is 2. The van der Waals surface area contributed by atoms with E-state index in [2.05, 4.69) is 20.4 Å². The number of rotatable bonds is 6. The number of piperazine rings is 1. The first-order valence-electron chi connectivity index (χ1n) is 10.9. The summed E-state index contributed by atoms with van der Waals surface area (Å²) in [6.45, 7) is 4.16. The molecule has 1 atom stereocenters. The second-order valence-electron chi connectivity index (χ2n) is 8.00. The summed E-state index contributed by atoms with van der Waals surface area (Å²) in [5.41, 5.74) is 1.17. The lowest BCUT2D eigenvalue weighted by molar-refractivity contribution is -0.136. The minimum Gasteiger partial charge on any atom is -0.495 e. The van der Waals surface area contributed by atoms with Crippen molar-refractivity contribution in [3.63, 3.8) is 0 Å². The van der Waals surface area contributed by atoms with Crippen LogP contribution in [0.5, 0.6) is 5.75 Å². The van der Waals surface area contributed by atoms with Crippen LogP contribution in [0.3, 0.4) is 0 Å². The Kier molecular flexibility index (Phi) is 6.58. The average Bonchev–Trinajstić information content (AvgIpc) is 2.85. The third-order valence-corrected chi connectivity index (χ3v) is 5.87. The smallest absolute Gasteiger partial charge is 0.272 e. The van der Waals surface area contributed by atoms with Crippen LogP contribution in [-0.2, 0) is 16.0 Å². The van der Waals surface area contributed by atoms with Gasteiger partial charge in [-0.05, 0) is 25.1 Å². The number of carbonyl (C=O) groups is 2. The molecular formula is C24H27N5O4. The second-order valence-corrected chi connectivity index (χ2v) is 8.00. The Hall–Kier alpha value is -3.88. The van der Waals surface area contributed by atoms with E-state index in [1.54, 1.807) is 43.2 Å². The molecule has 3 aromatic rings. The topological polar surface area (TPSA) is 108 Å². The molecule has 2 heterocycles. The van der Waals surface area contributed by atoms with Gasteiger partial charge in [0.05, 0.1) is 30.3 Å².